The van der Waals surface area contributed by atoms with E-state index in [1.165, 1.54) is 18.2 Å². The topological polar surface area (TPSA) is 70.2 Å². The van der Waals surface area contributed by atoms with Gasteiger partial charge in [0, 0.05) is 29.6 Å². The highest BCUT2D eigenvalue weighted by atomic mass is 32.2. The Bertz CT molecular complexity index is 1490. The van der Waals surface area contributed by atoms with Gasteiger partial charge in [-0.05, 0) is 61.7 Å². The highest BCUT2D eigenvalue weighted by Crippen LogP contribution is 2.24. The molecule has 0 radical (unpaired) electrons. The van der Waals surface area contributed by atoms with Crippen molar-refractivity contribution >= 4 is 20.9 Å². The van der Waals surface area contributed by atoms with Crippen molar-refractivity contribution in [2.75, 3.05) is 0 Å². The summed E-state index contributed by atoms with van der Waals surface area (Å²) in [4.78, 5) is 15.3. The molecular formula is C26H25FN2O3S. The molecule has 5 nitrogen and oxygen atoms in total. The average Bonchev–Trinajstić information content (AvgIpc) is 2.75. The molecule has 1 aromatic heterocycles. The molecule has 0 spiro atoms. The summed E-state index contributed by atoms with van der Waals surface area (Å²) in [7, 11) is -4.22. The zero-order chi connectivity index (χ0) is 23.8. The number of rotatable bonds is 6. The molecule has 33 heavy (non-hydrogen) atoms. The molecule has 0 unspecified atom stereocenters. The van der Waals surface area contributed by atoms with Crippen molar-refractivity contribution in [2.24, 2.45) is 0 Å². The van der Waals surface area contributed by atoms with E-state index in [9.17, 15) is 17.6 Å². The second kappa shape index (κ2) is 8.92. The van der Waals surface area contributed by atoms with Gasteiger partial charge in [-0.2, -0.15) is 4.31 Å². The molecule has 0 saturated carbocycles. The number of aryl methyl sites for hydroxylation is 3. The first-order valence-corrected chi connectivity index (χ1v) is 12.0. The molecule has 0 aliphatic carbocycles. The Labute approximate surface area is 192 Å². The fourth-order valence-corrected chi connectivity index (χ4v) is 5.41. The van der Waals surface area contributed by atoms with Gasteiger partial charge in [0.05, 0.1) is 0 Å². The number of aromatic nitrogens is 1. The van der Waals surface area contributed by atoms with Crippen LogP contribution in [0.2, 0.25) is 0 Å². The summed E-state index contributed by atoms with van der Waals surface area (Å²) in [5.74, 6) is -0.829. The maximum absolute atomic E-state index is 14.5. The van der Waals surface area contributed by atoms with E-state index >= 15 is 0 Å². The molecule has 0 aliphatic heterocycles. The van der Waals surface area contributed by atoms with Crippen LogP contribution >= 0.6 is 0 Å². The summed E-state index contributed by atoms with van der Waals surface area (Å²) in [6.45, 7) is 5.64. The lowest BCUT2D eigenvalue weighted by atomic mass is 10.0. The summed E-state index contributed by atoms with van der Waals surface area (Å²) in [5.41, 5.74) is 4.40. The van der Waals surface area contributed by atoms with Gasteiger partial charge in [-0.25, -0.2) is 12.8 Å². The van der Waals surface area contributed by atoms with E-state index in [-0.39, 0.29) is 18.6 Å². The molecular weight excluding hydrogens is 439 g/mol. The fourth-order valence-electron chi connectivity index (χ4n) is 3.94. The van der Waals surface area contributed by atoms with Crippen LogP contribution in [0.4, 0.5) is 4.39 Å². The van der Waals surface area contributed by atoms with Gasteiger partial charge in [0.2, 0.25) is 10.0 Å². The number of fused-ring (bicyclic) bond motifs is 1. The Balaban J connectivity index is 1.81. The molecule has 0 amide bonds. The summed E-state index contributed by atoms with van der Waals surface area (Å²) in [6, 6.07) is 18.3. The Morgan fingerprint density at radius 2 is 1.58 bits per heavy atom. The predicted octanol–water partition coefficient (Wildman–Crippen LogP) is 4.98. The number of pyridine rings is 1. The lowest BCUT2D eigenvalue weighted by molar-refractivity contribution is 0.396. The molecule has 4 rings (SSSR count). The van der Waals surface area contributed by atoms with Crippen molar-refractivity contribution < 1.29 is 12.8 Å². The van der Waals surface area contributed by atoms with Gasteiger partial charge in [0.25, 0.3) is 5.56 Å². The van der Waals surface area contributed by atoms with E-state index in [0.717, 1.165) is 38.0 Å². The van der Waals surface area contributed by atoms with E-state index in [1.807, 2.05) is 57.2 Å². The van der Waals surface area contributed by atoms with Crippen LogP contribution in [0.15, 0.2) is 76.4 Å². The lowest BCUT2D eigenvalue weighted by Gasteiger charge is -2.23. The number of H-pyrrole nitrogens is 1. The van der Waals surface area contributed by atoms with Gasteiger partial charge < -0.3 is 4.98 Å². The first kappa shape index (κ1) is 22.9. The minimum Gasteiger partial charge on any atom is -0.322 e. The number of sulfonamides is 1. The summed E-state index contributed by atoms with van der Waals surface area (Å²) >= 11 is 0. The fraction of sp³-hybridized carbons (Fsp3) is 0.192. The van der Waals surface area contributed by atoms with E-state index in [2.05, 4.69) is 4.98 Å². The monoisotopic (exact) mass is 464 g/mol. The number of benzene rings is 3. The third-order valence-electron chi connectivity index (χ3n) is 5.67. The zero-order valence-corrected chi connectivity index (χ0v) is 19.5. The molecule has 4 aromatic rings. The molecule has 0 atom stereocenters. The smallest absolute Gasteiger partial charge is 0.252 e. The highest BCUT2D eigenvalue weighted by Gasteiger charge is 2.28. The minimum absolute atomic E-state index is 0.00129. The molecule has 0 saturated heterocycles. The van der Waals surface area contributed by atoms with Crippen LogP contribution in [0.1, 0.15) is 27.8 Å². The maximum Gasteiger partial charge on any atom is 0.252 e. The Morgan fingerprint density at radius 3 is 2.27 bits per heavy atom. The van der Waals surface area contributed by atoms with Gasteiger partial charge >= 0.3 is 0 Å². The van der Waals surface area contributed by atoms with Crippen LogP contribution < -0.4 is 5.56 Å². The molecule has 0 fully saturated rings. The highest BCUT2D eigenvalue weighted by molar-refractivity contribution is 7.89. The van der Waals surface area contributed by atoms with E-state index in [0.29, 0.717) is 11.1 Å². The lowest BCUT2D eigenvalue weighted by Crippen LogP contribution is -2.33. The largest absolute Gasteiger partial charge is 0.322 e. The first-order valence-electron chi connectivity index (χ1n) is 10.6. The minimum atomic E-state index is -4.22. The summed E-state index contributed by atoms with van der Waals surface area (Å²) in [5, 5.41) is 0.841. The molecule has 170 valence electrons. The number of hydrogen-bond donors (Lipinski definition) is 1. The molecule has 1 N–H and O–H groups in total. The average molecular weight is 465 g/mol. The van der Waals surface area contributed by atoms with Crippen LogP contribution in [0.5, 0.6) is 0 Å². The normalized spacial score (nSPS) is 11.9. The van der Waals surface area contributed by atoms with Crippen molar-refractivity contribution in [3.05, 3.63) is 111 Å². The van der Waals surface area contributed by atoms with Crippen molar-refractivity contribution in [2.45, 2.75) is 38.8 Å². The van der Waals surface area contributed by atoms with Gasteiger partial charge in [-0.15, -0.1) is 0 Å². The van der Waals surface area contributed by atoms with Crippen molar-refractivity contribution in [3.63, 3.8) is 0 Å². The number of hydrogen-bond acceptors (Lipinski definition) is 3. The molecule has 0 bridgehead atoms. The Kier molecular flexibility index (Phi) is 6.19. The van der Waals surface area contributed by atoms with Gasteiger partial charge in [-0.1, -0.05) is 48.0 Å². The van der Waals surface area contributed by atoms with Crippen LogP contribution in [-0.2, 0) is 23.1 Å². The van der Waals surface area contributed by atoms with E-state index in [1.54, 1.807) is 6.07 Å². The van der Waals surface area contributed by atoms with E-state index in [4.69, 9.17) is 0 Å². The SMILES string of the molecule is Cc1ccc(CN(Cc2cc3c(C)cc(C)cc3[nH]c2=O)S(=O)(=O)c2ccccc2F)cc1. The Hall–Kier alpha value is -3.29. The van der Waals surface area contributed by atoms with Crippen LogP contribution in [0.3, 0.4) is 0 Å². The van der Waals surface area contributed by atoms with Gasteiger partial charge in [0.1, 0.15) is 10.7 Å². The van der Waals surface area contributed by atoms with E-state index < -0.39 is 20.7 Å². The third-order valence-corrected chi connectivity index (χ3v) is 7.50. The van der Waals surface area contributed by atoms with Crippen LogP contribution in [-0.4, -0.2) is 17.7 Å². The summed E-state index contributed by atoms with van der Waals surface area (Å²) < 4.78 is 42.6. The summed E-state index contributed by atoms with van der Waals surface area (Å²) in [6.07, 6.45) is 0. The molecule has 1 heterocycles. The first-order chi connectivity index (χ1) is 15.6. The molecule has 7 heteroatoms. The second-order valence-corrected chi connectivity index (χ2v) is 10.3. The van der Waals surface area contributed by atoms with Gasteiger partial charge in [-0.3, -0.25) is 4.79 Å². The number of nitrogens with one attached hydrogen (secondary N) is 1. The zero-order valence-electron chi connectivity index (χ0n) is 18.7. The number of aromatic amines is 1. The Morgan fingerprint density at radius 1 is 0.879 bits per heavy atom. The quantitative estimate of drug-likeness (QED) is 0.437. The molecule has 0 aliphatic rings. The van der Waals surface area contributed by atoms with Gasteiger partial charge in [0.15, 0.2) is 0 Å². The number of halogens is 1. The van der Waals surface area contributed by atoms with Crippen molar-refractivity contribution in [1.29, 1.82) is 0 Å². The van der Waals surface area contributed by atoms with Crippen molar-refractivity contribution in [1.82, 2.24) is 9.29 Å². The number of nitrogens with zero attached hydrogens (tertiary/aromatic N) is 1. The maximum atomic E-state index is 14.5. The van der Waals surface area contributed by atoms with Crippen LogP contribution in [0, 0.1) is 26.6 Å². The third kappa shape index (κ3) is 4.74. The molecule has 3 aromatic carbocycles. The standard InChI is InChI=1S/C26H25FN2O3S/c1-17-8-10-20(11-9-17)15-29(33(31,32)25-7-5-4-6-23(25)27)16-21-14-22-19(3)12-18(2)13-24(22)28-26(21)30/h4-14H,15-16H2,1-3H3,(H,28,30). The van der Waals surface area contributed by atoms with Crippen LogP contribution in [0.25, 0.3) is 10.9 Å². The second-order valence-electron chi connectivity index (χ2n) is 8.36. The predicted molar refractivity (Wildman–Crippen MR) is 128 cm³/mol. The van der Waals surface area contributed by atoms with Crippen molar-refractivity contribution in [3.8, 4) is 0 Å².